The summed E-state index contributed by atoms with van der Waals surface area (Å²) in [5.74, 6) is 0.0149. The van der Waals surface area contributed by atoms with Gasteiger partial charge in [-0.2, -0.15) is 0 Å². The van der Waals surface area contributed by atoms with E-state index in [0.717, 1.165) is 12.8 Å². The summed E-state index contributed by atoms with van der Waals surface area (Å²) in [6, 6.07) is 7.22. The Balaban J connectivity index is 1.94. The summed E-state index contributed by atoms with van der Waals surface area (Å²) in [6.07, 6.45) is 1.87. The fourth-order valence-corrected chi connectivity index (χ4v) is 1.93. The Bertz CT molecular complexity index is 604. The number of rotatable bonds is 3. The van der Waals surface area contributed by atoms with Crippen molar-refractivity contribution < 1.29 is 9.59 Å². The highest BCUT2D eigenvalue weighted by molar-refractivity contribution is 7.80. The number of benzene rings is 1. The van der Waals surface area contributed by atoms with E-state index >= 15 is 0 Å². The molecule has 0 bridgehead atoms. The molecule has 2 rings (SSSR count). The van der Waals surface area contributed by atoms with Crippen LogP contribution in [0.25, 0.3) is 0 Å². The molecule has 3 N–H and O–H groups in total. The zero-order chi connectivity index (χ0) is 16.3. The summed E-state index contributed by atoms with van der Waals surface area (Å²) in [6.45, 7) is 5.56. The van der Waals surface area contributed by atoms with Gasteiger partial charge in [-0.05, 0) is 43.3 Å². The molecule has 0 heterocycles. The minimum Gasteiger partial charge on any atom is -0.332 e. The Morgan fingerprint density at radius 2 is 1.73 bits per heavy atom. The van der Waals surface area contributed by atoms with Crippen molar-refractivity contribution in [2.45, 2.75) is 33.6 Å². The van der Waals surface area contributed by atoms with Gasteiger partial charge in [0.15, 0.2) is 5.11 Å². The van der Waals surface area contributed by atoms with Crippen LogP contribution in [-0.2, 0) is 9.59 Å². The first-order valence-corrected chi connectivity index (χ1v) is 7.70. The quantitative estimate of drug-likeness (QED) is 0.749. The van der Waals surface area contributed by atoms with Crippen molar-refractivity contribution in [2.75, 3.05) is 10.6 Å². The molecule has 1 aromatic carbocycles. The first kappa shape index (κ1) is 16.4. The fourth-order valence-electron chi connectivity index (χ4n) is 1.72. The van der Waals surface area contributed by atoms with Crippen molar-refractivity contribution in [3.05, 3.63) is 24.3 Å². The van der Waals surface area contributed by atoms with E-state index in [0.29, 0.717) is 11.4 Å². The maximum atomic E-state index is 12.0. The molecule has 0 unspecified atom stereocenters. The fraction of sp³-hybridized carbons (Fsp3) is 0.438. The monoisotopic (exact) mass is 319 g/mol. The molecule has 1 saturated carbocycles. The Morgan fingerprint density at radius 1 is 1.14 bits per heavy atom. The molecular formula is C16H21N3O2S. The molecule has 5 nitrogen and oxygen atoms in total. The van der Waals surface area contributed by atoms with Gasteiger partial charge < -0.3 is 16.0 Å². The second-order valence-electron chi connectivity index (χ2n) is 6.50. The van der Waals surface area contributed by atoms with Crippen molar-refractivity contribution in [1.29, 1.82) is 0 Å². The minimum absolute atomic E-state index is 0.0327. The highest BCUT2D eigenvalue weighted by atomic mass is 32.1. The summed E-state index contributed by atoms with van der Waals surface area (Å²) in [4.78, 5) is 23.6. The van der Waals surface area contributed by atoms with Gasteiger partial charge in [0.25, 0.3) is 0 Å². The molecule has 0 aliphatic heterocycles. The molecule has 0 radical (unpaired) electrons. The lowest BCUT2D eigenvalue weighted by Gasteiger charge is -2.18. The standard InChI is InChI=1S/C16H21N3O2S/c1-16(2,3)14(21)17-11-5-4-6-12(9-11)18-15(22)19-13(20)10-7-8-10/h4-6,9-10H,7-8H2,1-3H3,(H,17,21)(H2,18,19,20,22). The Morgan fingerprint density at radius 3 is 2.27 bits per heavy atom. The van der Waals surface area contributed by atoms with Crippen LogP contribution in [-0.4, -0.2) is 16.9 Å². The number of carbonyl (C=O) groups is 2. The third kappa shape index (κ3) is 4.80. The van der Waals surface area contributed by atoms with Crippen molar-refractivity contribution >= 4 is 40.5 Å². The SMILES string of the molecule is CC(C)(C)C(=O)Nc1cccc(NC(=S)NC(=O)C2CC2)c1. The molecule has 0 spiro atoms. The van der Waals surface area contributed by atoms with Crippen molar-refractivity contribution in [1.82, 2.24) is 5.32 Å². The summed E-state index contributed by atoms with van der Waals surface area (Å²) in [5.41, 5.74) is 0.936. The molecule has 6 heteroatoms. The average Bonchev–Trinajstić information content (AvgIpc) is 3.21. The second kappa shape index (κ2) is 6.44. The molecule has 0 atom stereocenters. The first-order chi connectivity index (χ1) is 10.3. The van der Waals surface area contributed by atoms with Gasteiger partial charge in [0.05, 0.1) is 0 Å². The van der Waals surface area contributed by atoms with Gasteiger partial charge in [-0.15, -0.1) is 0 Å². The van der Waals surface area contributed by atoms with Gasteiger partial charge in [-0.3, -0.25) is 9.59 Å². The zero-order valence-corrected chi connectivity index (χ0v) is 13.8. The van der Waals surface area contributed by atoms with Crippen molar-refractivity contribution in [2.24, 2.45) is 11.3 Å². The second-order valence-corrected chi connectivity index (χ2v) is 6.91. The van der Waals surface area contributed by atoms with Crippen LogP contribution in [0.4, 0.5) is 11.4 Å². The van der Waals surface area contributed by atoms with E-state index in [1.165, 1.54) is 0 Å². The Kier molecular flexibility index (Phi) is 4.81. The first-order valence-electron chi connectivity index (χ1n) is 7.29. The van der Waals surface area contributed by atoms with Crippen LogP contribution in [0.3, 0.4) is 0 Å². The number of hydrogen-bond donors (Lipinski definition) is 3. The highest BCUT2D eigenvalue weighted by Gasteiger charge is 2.30. The van der Waals surface area contributed by atoms with Crippen LogP contribution >= 0.6 is 12.2 Å². The smallest absolute Gasteiger partial charge is 0.229 e. The van der Waals surface area contributed by atoms with Gasteiger partial charge in [0.2, 0.25) is 11.8 Å². The summed E-state index contributed by atoms with van der Waals surface area (Å²) in [7, 11) is 0. The highest BCUT2D eigenvalue weighted by Crippen LogP contribution is 2.28. The zero-order valence-electron chi connectivity index (χ0n) is 13.0. The normalized spacial score (nSPS) is 14.1. The lowest BCUT2D eigenvalue weighted by molar-refractivity contribution is -0.123. The van der Waals surface area contributed by atoms with Gasteiger partial charge in [-0.25, -0.2) is 0 Å². The van der Waals surface area contributed by atoms with Crippen LogP contribution in [0.15, 0.2) is 24.3 Å². The summed E-state index contributed by atoms with van der Waals surface area (Å²) < 4.78 is 0. The number of nitrogens with one attached hydrogen (secondary N) is 3. The lowest BCUT2D eigenvalue weighted by Crippen LogP contribution is -2.35. The van der Waals surface area contributed by atoms with Gasteiger partial charge in [-0.1, -0.05) is 26.8 Å². The molecule has 118 valence electrons. The minimum atomic E-state index is -0.461. The van der Waals surface area contributed by atoms with Crippen molar-refractivity contribution in [3.8, 4) is 0 Å². The molecule has 1 aliphatic carbocycles. The van der Waals surface area contributed by atoms with Gasteiger partial charge in [0.1, 0.15) is 0 Å². The van der Waals surface area contributed by atoms with E-state index < -0.39 is 5.41 Å². The predicted molar refractivity (Wildman–Crippen MR) is 91.6 cm³/mol. The third-order valence-corrected chi connectivity index (χ3v) is 3.45. The maximum Gasteiger partial charge on any atom is 0.229 e. The largest absolute Gasteiger partial charge is 0.332 e. The molecule has 2 amide bonds. The van der Waals surface area contributed by atoms with Crippen LogP contribution in [0.2, 0.25) is 0 Å². The van der Waals surface area contributed by atoms with Gasteiger partial charge >= 0.3 is 0 Å². The average molecular weight is 319 g/mol. The molecule has 1 fully saturated rings. The maximum absolute atomic E-state index is 12.0. The Hall–Kier alpha value is -1.95. The number of amides is 2. The molecule has 0 aromatic heterocycles. The van der Waals surface area contributed by atoms with Crippen molar-refractivity contribution in [3.63, 3.8) is 0 Å². The molecule has 22 heavy (non-hydrogen) atoms. The van der Waals surface area contributed by atoms with Gasteiger partial charge in [0, 0.05) is 22.7 Å². The third-order valence-electron chi connectivity index (χ3n) is 3.24. The number of thiocarbonyl (C=S) groups is 1. The molecule has 1 aromatic rings. The van der Waals surface area contributed by atoms with E-state index in [1.807, 2.05) is 32.9 Å². The molecule has 0 saturated heterocycles. The summed E-state index contributed by atoms with van der Waals surface area (Å²) in [5, 5.41) is 8.75. The number of carbonyl (C=O) groups excluding carboxylic acids is 2. The number of anilines is 2. The topological polar surface area (TPSA) is 70.2 Å². The van der Waals surface area contributed by atoms with E-state index in [1.54, 1.807) is 12.1 Å². The molecular weight excluding hydrogens is 298 g/mol. The molecule has 1 aliphatic rings. The summed E-state index contributed by atoms with van der Waals surface area (Å²) >= 11 is 5.12. The Labute approximate surface area is 135 Å². The van der Waals surface area contributed by atoms with E-state index in [9.17, 15) is 9.59 Å². The van der Waals surface area contributed by atoms with E-state index in [-0.39, 0.29) is 22.8 Å². The van der Waals surface area contributed by atoms with Crippen LogP contribution in [0, 0.1) is 11.3 Å². The lowest BCUT2D eigenvalue weighted by atomic mass is 9.95. The van der Waals surface area contributed by atoms with E-state index in [4.69, 9.17) is 12.2 Å². The predicted octanol–water partition coefficient (Wildman–Crippen LogP) is 2.89. The van der Waals surface area contributed by atoms with Crippen LogP contribution in [0.1, 0.15) is 33.6 Å². The van der Waals surface area contributed by atoms with Crippen LogP contribution in [0.5, 0.6) is 0 Å². The van der Waals surface area contributed by atoms with E-state index in [2.05, 4.69) is 16.0 Å². The van der Waals surface area contributed by atoms with Crippen LogP contribution < -0.4 is 16.0 Å². The number of hydrogen-bond acceptors (Lipinski definition) is 3.